The predicted molar refractivity (Wildman–Crippen MR) is 334 cm³/mol. The van der Waals surface area contributed by atoms with Gasteiger partial charge in [-0.2, -0.15) is 16.8 Å². The molecule has 5 aliphatic rings. The number of amidine groups is 4. The van der Waals surface area contributed by atoms with Crippen LogP contribution in [0.5, 0.6) is 0 Å². The van der Waals surface area contributed by atoms with Crippen LogP contribution in [0.25, 0.3) is 16.1 Å². The van der Waals surface area contributed by atoms with Gasteiger partial charge in [0.15, 0.2) is 0 Å². The summed E-state index contributed by atoms with van der Waals surface area (Å²) in [7, 11) is -9.16. The minimum Gasteiger partial charge on any atom is -0.366 e. The Morgan fingerprint density at radius 1 is 0.554 bits per heavy atom. The molecule has 4 aliphatic heterocycles. The molecule has 0 saturated heterocycles. The van der Waals surface area contributed by atoms with E-state index >= 15 is 0 Å². The van der Waals surface area contributed by atoms with E-state index in [0.29, 0.717) is 33.2 Å². The number of benzene rings is 3. The fraction of sp³-hybridized carbons (Fsp3) is 0.531. The van der Waals surface area contributed by atoms with Gasteiger partial charge in [-0.15, -0.1) is 0 Å². The number of aromatic nitrogens is 1. The molecule has 1 aromatic heterocycles. The van der Waals surface area contributed by atoms with E-state index in [-0.39, 0.29) is 61.2 Å². The van der Waals surface area contributed by atoms with Gasteiger partial charge >= 0.3 is 17.1 Å². The Hall–Kier alpha value is -5.24. The Labute approximate surface area is 504 Å². The first-order valence-corrected chi connectivity index (χ1v) is 33.2. The zero-order valence-electron chi connectivity index (χ0n) is 49.9. The Morgan fingerprint density at radius 3 is 1.59 bits per heavy atom. The maximum atomic E-state index is 12.1. The van der Waals surface area contributed by atoms with E-state index in [2.05, 4.69) is 76.3 Å². The summed E-state index contributed by atoms with van der Waals surface area (Å²) in [5.74, 6) is 3.80. The first kappa shape index (κ1) is 66.9. The van der Waals surface area contributed by atoms with Crippen LogP contribution in [0.3, 0.4) is 0 Å². The monoisotopic (exact) mass is 1220 g/mol. The van der Waals surface area contributed by atoms with Gasteiger partial charge in [-0.1, -0.05) is 193 Å². The van der Waals surface area contributed by atoms with Crippen molar-refractivity contribution >= 4 is 54.4 Å². The molecule has 3 aromatic carbocycles. The average molecular weight is 1220 g/mol. The second kappa shape index (κ2) is 32.3. The Kier molecular flexibility index (Phi) is 26.0. The standard InChI is InChI=1S/C32H18N8O6S2.2C16H35N.Cu/c41-47(42,43)15-9-11-21-23(13-15)32-38-29(21)36-27-18-6-2-1-5-17(18)25(34-27)33-26-19-7-3-4-8-20(19)28(35-26)37-31-24-14-16(48(44,45)46)10-12-22(24)30(39-31)40-32;2*1-5-9-11-15(7-3)13-17-14-16(8-4)12-10-6-2;/h1-14,21,25H,(H2-2,33,34,35,36,37,38,39,40,41,42,43,44,45,46);2*15-17H,5-14H2,1-4H3;/q-2;;;+2. The van der Waals surface area contributed by atoms with E-state index in [9.17, 15) is 25.9 Å². The van der Waals surface area contributed by atoms with Gasteiger partial charge in [0.2, 0.25) is 0 Å². The number of hydrogen-bond acceptors (Lipinski definition) is 12. The molecule has 0 fully saturated rings. The van der Waals surface area contributed by atoms with Gasteiger partial charge < -0.3 is 40.9 Å². The summed E-state index contributed by atoms with van der Waals surface area (Å²) in [5.41, 5.74) is 3.13. The topological polar surface area (TPSA) is 235 Å². The van der Waals surface area contributed by atoms with E-state index < -0.39 is 32.3 Å². The van der Waals surface area contributed by atoms with Gasteiger partial charge in [0.05, 0.1) is 27.3 Å². The van der Waals surface area contributed by atoms with Crippen molar-refractivity contribution in [1.82, 2.24) is 15.6 Å². The van der Waals surface area contributed by atoms with Crippen molar-refractivity contribution < 1.29 is 43.0 Å². The number of fused-ring (bicyclic) bond motifs is 17. The number of nitrogens with one attached hydrogen (secondary N) is 2. The zero-order valence-corrected chi connectivity index (χ0v) is 52.5. The quantitative estimate of drug-likeness (QED) is 0.0345. The van der Waals surface area contributed by atoms with Crippen molar-refractivity contribution in [3.8, 4) is 0 Å². The second-order valence-electron chi connectivity index (χ2n) is 22.2. The number of rotatable bonds is 26. The molecule has 19 heteroatoms. The Morgan fingerprint density at radius 2 is 1.07 bits per heavy atom. The van der Waals surface area contributed by atoms with E-state index in [0.717, 1.165) is 34.8 Å². The summed E-state index contributed by atoms with van der Waals surface area (Å²) in [5, 5.41) is 13.5. The van der Waals surface area contributed by atoms with Crippen LogP contribution in [-0.4, -0.2) is 75.5 Å². The summed E-state index contributed by atoms with van der Waals surface area (Å²) in [6.07, 6.45) is 25.3. The molecule has 1 aliphatic carbocycles. The summed E-state index contributed by atoms with van der Waals surface area (Å²) in [4.78, 5) is 32.7. The summed E-state index contributed by atoms with van der Waals surface area (Å²) in [6, 6.07) is 18.8. The van der Waals surface area contributed by atoms with Crippen LogP contribution in [0.1, 0.15) is 187 Å². The largest absolute Gasteiger partial charge is 2.00 e. The molecule has 6 atom stereocenters. The third kappa shape index (κ3) is 17.9. The second-order valence-corrected chi connectivity index (χ2v) is 25.1. The van der Waals surface area contributed by atoms with Crippen molar-refractivity contribution in [3.05, 3.63) is 140 Å². The molecule has 0 saturated carbocycles. The molecule has 4 aromatic rings. The van der Waals surface area contributed by atoms with Gasteiger partial charge in [0.1, 0.15) is 6.17 Å². The van der Waals surface area contributed by atoms with Crippen molar-refractivity contribution in [2.45, 2.75) is 169 Å². The van der Waals surface area contributed by atoms with Crippen LogP contribution >= 0.6 is 0 Å². The van der Waals surface area contributed by atoms with Gasteiger partial charge in [-0.05, 0) is 122 Å². The van der Waals surface area contributed by atoms with Crippen molar-refractivity contribution in [2.75, 3.05) is 26.2 Å². The predicted octanol–water partition coefficient (Wildman–Crippen LogP) is 12.9. The van der Waals surface area contributed by atoms with Gasteiger partial charge in [0, 0.05) is 45.2 Å². The molecule has 0 amide bonds. The summed E-state index contributed by atoms with van der Waals surface area (Å²) >= 11 is 0. The first-order chi connectivity index (χ1) is 39.6. The fourth-order valence-electron chi connectivity index (χ4n) is 10.9. The molecule has 83 heavy (non-hydrogen) atoms. The van der Waals surface area contributed by atoms with Crippen LogP contribution in [0.2, 0.25) is 0 Å². The maximum Gasteiger partial charge on any atom is 2.00 e. The number of allylic oxidation sites excluding steroid dienone is 2. The molecule has 0 spiro atoms. The van der Waals surface area contributed by atoms with E-state index in [4.69, 9.17) is 29.9 Å². The number of aliphatic imine (C=N–C) groups is 4. The normalized spacial score (nSPS) is 19.1. The molecule has 6 unspecified atom stereocenters. The van der Waals surface area contributed by atoms with E-state index in [1.54, 1.807) is 6.08 Å². The van der Waals surface area contributed by atoms with Crippen molar-refractivity contribution in [1.29, 1.82) is 0 Å². The van der Waals surface area contributed by atoms with Gasteiger partial charge in [0.25, 0.3) is 20.2 Å². The summed E-state index contributed by atoms with van der Waals surface area (Å²) in [6.45, 7) is 23.4. The SMILES string of the molecule is CCCCC(CC)CNCC(CC)CCCC.CCCCC(CC)CNCC(CC)CCCC.O=S(=O)(O)C1=CC2=C3/N=C4\N=C(N=c5[n-]/c(c6ccccc56)=N\C5N=C(N=C([N-]3)C2C=C1)c1ccccc15)c1cc(S(=O)(=O)O)ccc14.[Cu+2]. The molecule has 453 valence electrons. The molecular weight excluding hydrogens is 1130 g/mol. The number of unbranched alkanes of at least 4 members (excludes halogenated alkanes) is 4. The zero-order chi connectivity index (χ0) is 58.8. The average Bonchev–Trinajstić information content (AvgIpc) is 4.36. The van der Waals surface area contributed by atoms with Crippen LogP contribution < -0.4 is 26.6 Å². The Bertz CT molecular complexity index is 3360. The number of nitrogens with zero attached hydrogens (tertiary/aromatic N) is 8. The van der Waals surface area contributed by atoms with Gasteiger partial charge in [-0.25, -0.2) is 4.99 Å². The molecular formula is C64H88CuN10O6S2. The molecule has 1 radical (unpaired) electrons. The van der Waals surface area contributed by atoms with E-state index in [1.807, 2.05) is 48.5 Å². The number of hydrogen-bond donors (Lipinski definition) is 4. The van der Waals surface area contributed by atoms with Crippen LogP contribution in [0, 0.1) is 29.6 Å². The van der Waals surface area contributed by atoms with E-state index in [1.165, 1.54) is 159 Å². The third-order valence-electron chi connectivity index (χ3n) is 16.3. The molecule has 8 bridgehead atoms. The van der Waals surface area contributed by atoms with Gasteiger partial charge in [-0.3, -0.25) is 14.1 Å². The van der Waals surface area contributed by atoms with Crippen LogP contribution in [-0.2, 0) is 37.3 Å². The first-order valence-electron chi connectivity index (χ1n) is 30.3. The minimum absolute atomic E-state index is 0. The molecule has 5 heterocycles. The fourth-order valence-corrected chi connectivity index (χ4v) is 11.9. The molecule has 9 rings (SSSR count). The van der Waals surface area contributed by atoms with Crippen LogP contribution in [0.15, 0.2) is 136 Å². The molecule has 16 nitrogen and oxygen atoms in total. The smallest absolute Gasteiger partial charge is 0.366 e. The maximum absolute atomic E-state index is 12.1. The minimum atomic E-state index is -4.59. The third-order valence-corrected chi connectivity index (χ3v) is 18.0. The summed E-state index contributed by atoms with van der Waals surface area (Å²) < 4.78 is 68.1. The Balaban J connectivity index is 0.000000262. The van der Waals surface area contributed by atoms with Crippen molar-refractivity contribution in [3.63, 3.8) is 0 Å². The molecule has 4 N–H and O–H groups in total. The van der Waals surface area contributed by atoms with Crippen LogP contribution in [0.4, 0.5) is 0 Å². The van der Waals surface area contributed by atoms with Crippen molar-refractivity contribution in [2.24, 2.45) is 59.5 Å².